The van der Waals surface area contributed by atoms with Gasteiger partial charge in [-0.25, -0.2) is 9.89 Å². The number of carbonyl (C=O) groups excluding carboxylic acids is 1. The summed E-state index contributed by atoms with van der Waals surface area (Å²) >= 11 is 0. The second-order valence-electron chi connectivity index (χ2n) is 6.36. The van der Waals surface area contributed by atoms with Gasteiger partial charge in [-0.15, -0.1) is 0 Å². The lowest BCUT2D eigenvalue weighted by atomic mass is 9.95. The van der Waals surface area contributed by atoms with E-state index in [1.165, 1.54) is 30.1 Å². The zero-order valence-electron chi connectivity index (χ0n) is 14.5. The van der Waals surface area contributed by atoms with Crippen LogP contribution in [0.2, 0.25) is 0 Å². The maximum Gasteiger partial charge on any atom is 0.425 e. The van der Waals surface area contributed by atoms with E-state index in [9.17, 15) is 22.8 Å². The molecule has 0 aliphatic carbocycles. The van der Waals surface area contributed by atoms with Gasteiger partial charge in [0.1, 0.15) is 17.0 Å². The number of methoxy groups -OCH3 is 1. The molecule has 10 heteroatoms. The van der Waals surface area contributed by atoms with Gasteiger partial charge in [0.15, 0.2) is 6.10 Å². The summed E-state index contributed by atoms with van der Waals surface area (Å²) in [6, 6.07) is 5.56. The lowest BCUT2D eigenvalue weighted by Crippen LogP contribution is -2.40. The van der Waals surface area contributed by atoms with Crippen molar-refractivity contribution in [3.8, 4) is 17.0 Å². The normalized spacial score (nSPS) is 19.1. The predicted molar refractivity (Wildman–Crippen MR) is 90.5 cm³/mol. The molecule has 0 amide bonds. The molecule has 0 bridgehead atoms. The summed E-state index contributed by atoms with van der Waals surface area (Å²) in [6.45, 7) is 0. The molecule has 28 heavy (non-hydrogen) atoms. The van der Waals surface area contributed by atoms with Gasteiger partial charge in [0, 0.05) is 24.4 Å². The number of pyridine rings is 1. The molecule has 146 valence electrons. The van der Waals surface area contributed by atoms with Gasteiger partial charge >= 0.3 is 12.1 Å². The average molecular weight is 393 g/mol. The van der Waals surface area contributed by atoms with E-state index < -0.39 is 36.3 Å². The molecule has 3 aliphatic heterocycles. The fourth-order valence-electron chi connectivity index (χ4n) is 3.37. The van der Waals surface area contributed by atoms with Gasteiger partial charge in [0.2, 0.25) is 0 Å². The number of aromatic amines is 1. The smallest absolute Gasteiger partial charge is 0.425 e. The number of hydrogen-bond donors (Lipinski definition) is 1. The third-order valence-corrected chi connectivity index (χ3v) is 4.70. The highest BCUT2D eigenvalue weighted by molar-refractivity contribution is 5.96. The van der Waals surface area contributed by atoms with Crippen molar-refractivity contribution in [1.29, 1.82) is 0 Å². The summed E-state index contributed by atoms with van der Waals surface area (Å²) in [5.74, 6) is -0.651. The number of nitrogens with zero attached hydrogens (tertiary/aromatic N) is 2. The molecule has 7 nitrogen and oxygen atoms in total. The van der Waals surface area contributed by atoms with Crippen LogP contribution in [-0.4, -0.2) is 40.1 Å². The molecule has 0 saturated heterocycles. The largest absolute Gasteiger partial charge is 0.480 e. The average Bonchev–Trinajstić information content (AvgIpc) is 3.06. The van der Waals surface area contributed by atoms with Crippen LogP contribution in [0, 0.1) is 0 Å². The third kappa shape index (κ3) is 2.90. The molecule has 0 radical (unpaired) electrons. The Labute approximate surface area is 156 Å². The Morgan fingerprint density at radius 3 is 2.79 bits per heavy atom. The number of aromatic nitrogens is 3. The number of esters is 1. The van der Waals surface area contributed by atoms with Crippen molar-refractivity contribution in [3.63, 3.8) is 0 Å². The molecule has 0 fully saturated rings. The zero-order valence-corrected chi connectivity index (χ0v) is 14.5. The minimum absolute atomic E-state index is 0.0223. The molecular weight excluding hydrogens is 379 g/mol. The first-order valence-corrected chi connectivity index (χ1v) is 8.30. The molecular formula is C18H14F3N3O4. The van der Waals surface area contributed by atoms with E-state index >= 15 is 0 Å². The second kappa shape index (κ2) is 6.39. The van der Waals surface area contributed by atoms with Crippen LogP contribution in [0.1, 0.15) is 28.4 Å². The standard InChI is InChI=1S/C18H14F3N3O4/c1-27-17(26)11-8-24(7-10-15(11)22-23-16(10)25)12-6-14(18(19,20)21)28-13-5-3-2-4-9(12)13/h2-5,7-8,12,14H,6H2,1H3,(H,23,25)/t12-,14+/m0/s1. The van der Waals surface area contributed by atoms with Gasteiger partial charge in [-0.2, -0.15) is 18.3 Å². The number of fused-ring (bicyclic) bond motifs is 2. The fourth-order valence-corrected chi connectivity index (χ4v) is 3.37. The van der Waals surface area contributed by atoms with Crippen LogP contribution in [-0.2, 0) is 4.74 Å². The number of nitrogens with one attached hydrogen (secondary N) is 1. The van der Waals surface area contributed by atoms with Gasteiger partial charge in [0.05, 0.1) is 18.7 Å². The maximum atomic E-state index is 13.4. The first-order chi connectivity index (χ1) is 13.3. The Morgan fingerprint density at radius 2 is 2.07 bits per heavy atom. The van der Waals surface area contributed by atoms with Gasteiger partial charge in [-0.05, 0) is 6.07 Å². The highest BCUT2D eigenvalue weighted by Gasteiger charge is 2.46. The van der Waals surface area contributed by atoms with Crippen molar-refractivity contribution in [3.05, 3.63) is 58.1 Å². The Morgan fingerprint density at radius 1 is 1.32 bits per heavy atom. The van der Waals surface area contributed by atoms with Crippen molar-refractivity contribution < 1.29 is 27.4 Å². The Kier molecular flexibility index (Phi) is 4.13. The van der Waals surface area contributed by atoms with Crippen molar-refractivity contribution >= 4 is 5.97 Å². The van der Waals surface area contributed by atoms with Crippen molar-refractivity contribution in [2.24, 2.45) is 0 Å². The Balaban J connectivity index is 1.91. The van der Waals surface area contributed by atoms with E-state index in [2.05, 4.69) is 10.2 Å². The molecule has 0 unspecified atom stereocenters. The summed E-state index contributed by atoms with van der Waals surface area (Å²) < 4.78 is 51.4. The van der Waals surface area contributed by atoms with E-state index in [-0.39, 0.29) is 22.6 Å². The fraction of sp³-hybridized carbons (Fsp3) is 0.278. The summed E-state index contributed by atoms with van der Waals surface area (Å²) in [5, 5.41) is 6.06. The van der Waals surface area contributed by atoms with Crippen molar-refractivity contribution in [2.45, 2.75) is 24.7 Å². The summed E-state index contributed by atoms with van der Waals surface area (Å²) in [6.07, 6.45) is -4.28. The molecule has 2 atom stereocenters. The highest BCUT2D eigenvalue weighted by Crippen LogP contribution is 2.42. The quantitative estimate of drug-likeness (QED) is 0.677. The Hall–Kier alpha value is -3.30. The summed E-state index contributed by atoms with van der Waals surface area (Å²) in [7, 11) is 1.17. The van der Waals surface area contributed by atoms with Crippen molar-refractivity contribution in [2.75, 3.05) is 7.11 Å². The van der Waals surface area contributed by atoms with Crippen molar-refractivity contribution in [1.82, 2.24) is 14.8 Å². The van der Waals surface area contributed by atoms with Gasteiger partial charge in [-0.1, -0.05) is 18.2 Å². The molecule has 0 saturated carbocycles. The van der Waals surface area contributed by atoms with Gasteiger partial charge in [-0.3, -0.25) is 4.79 Å². The number of alkyl halides is 3. The lowest BCUT2D eigenvalue weighted by Gasteiger charge is -2.34. The SMILES string of the molecule is COC(=O)c1cn([C@H]2C[C@H](C(F)(F)F)Oc3ccccc32)cc2c(=O)[nH]nc1-2. The first-order valence-electron chi connectivity index (χ1n) is 8.30. The van der Waals surface area contributed by atoms with Crippen LogP contribution < -0.4 is 10.3 Å². The lowest BCUT2D eigenvalue weighted by molar-refractivity contribution is -0.201. The summed E-state index contributed by atoms with van der Waals surface area (Å²) in [5.41, 5.74) is 0.114. The minimum Gasteiger partial charge on any atom is -0.480 e. The number of H-pyrrole nitrogens is 1. The van der Waals surface area contributed by atoms with E-state index in [4.69, 9.17) is 9.47 Å². The molecule has 0 spiro atoms. The molecule has 0 aromatic heterocycles. The molecule has 1 N–H and O–H groups in total. The topological polar surface area (TPSA) is 86.2 Å². The third-order valence-electron chi connectivity index (χ3n) is 4.70. The summed E-state index contributed by atoms with van der Waals surface area (Å²) in [4.78, 5) is 24.2. The van der Waals surface area contributed by atoms with E-state index in [1.54, 1.807) is 18.2 Å². The molecule has 3 aliphatic rings. The van der Waals surface area contributed by atoms with E-state index in [0.29, 0.717) is 5.56 Å². The number of halogens is 3. The molecule has 4 rings (SSSR count). The molecule has 1 aromatic carbocycles. The number of para-hydroxylation sites is 1. The van der Waals surface area contributed by atoms with Crippen LogP contribution in [0.5, 0.6) is 5.75 Å². The monoisotopic (exact) mass is 393 g/mol. The maximum absolute atomic E-state index is 13.4. The van der Waals surface area contributed by atoms with Crippen LogP contribution >= 0.6 is 0 Å². The van der Waals surface area contributed by atoms with E-state index in [1.807, 2.05) is 0 Å². The molecule has 1 aromatic rings. The zero-order chi connectivity index (χ0) is 20.1. The number of hydrogen-bond acceptors (Lipinski definition) is 5. The Bertz CT molecular complexity index is 1070. The van der Waals surface area contributed by atoms with E-state index in [0.717, 1.165) is 0 Å². The number of rotatable bonds is 2. The first kappa shape index (κ1) is 18.1. The van der Waals surface area contributed by atoms with Crippen LogP contribution in [0.15, 0.2) is 41.5 Å². The van der Waals surface area contributed by atoms with Gasteiger partial charge in [0.25, 0.3) is 5.56 Å². The minimum atomic E-state index is -4.57. The van der Waals surface area contributed by atoms with Crippen LogP contribution in [0.25, 0.3) is 11.3 Å². The molecule has 3 heterocycles. The van der Waals surface area contributed by atoms with Gasteiger partial charge < -0.3 is 14.0 Å². The van der Waals surface area contributed by atoms with Crippen LogP contribution in [0.3, 0.4) is 0 Å². The number of carbonyl (C=O) groups is 1. The van der Waals surface area contributed by atoms with Crippen LogP contribution in [0.4, 0.5) is 13.2 Å². The number of benzene rings is 1. The second-order valence-corrected chi connectivity index (χ2v) is 6.36. The number of ether oxygens (including phenoxy) is 2. The highest BCUT2D eigenvalue weighted by atomic mass is 19.4. The predicted octanol–water partition coefficient (Wildman–Crippen LogP) is 2.77.